The summed E-state index contributed by atoms with van der Waals surface area (Å²) in [6, 6.07) is 13.4. The number of benzene rings is 2. The molecular weight excluding hydrogens is 290 g/mol. The smallest absolute Gasteiger partial charge is 0.253 e. The van der Waals surface area contributed by atoms with Gasteiger partial charge in [0.15, 0.2) is 6.73 Å². The zero-order chi connectivity index (χ0) is 15.8. The normalized spacial score (nSPS) is 16.3. The number of amides is 1. The van der Waals surface area contributed by atoms with Crippen molar-refractivity contribution in [3.8, 4) is 5.75 Å². The van der Waals surface area contributed by atoms with Crippen LogP contribution in [-0.4, -0.2) is 30.6 Å². The summed E-state index contributed by atoms with van der Waals surface area (Å²) < 4.78 is 5.77. The summed E-state index contributed by atoms with van der Waals surface area (Å²) in [5, 5.41) is 0. The number of nitrogens with two attached hydrogens (primary N) is 1. The fraction of sp³-hybridized carbons (Fsp3) is 0.278. The highest BCUT2D eigenvalue weighted by Gasteiger charge is 2.25. The Bertz CT molecular complexity index is 736. The van der Waals surface area contributed by atoms with Gasteiger partial charge >= 0.3 is 0 Å². The largest absolute Gasteiger partial charge is 0.471 e. The van der Waals surface area contributed by atoms with Crippen LogP contribution in [0.5, 0.6) is 5.75 Å². The number of hydrogen-bond donors (Lipinski definition) is 1. The number of anilines is 3. The quantitative estimate of drug-likeness (QED) is 0.866. The number of carbonyl (C=O) groups excluding carboxylic acids is 1. The number of nitrogens with zero attached hydrogens (tertiary/aromatic N) is 2. The average molecular weight is 309 g/mol. The molecule has 0 unspecified atom stereocenters. The summed E-state index contributed by atoms with van der Waals surface area (Å²) in [4.78, 5) is 16.5. The van der Waals surface area contributed by atoms with Crippen LogP contribution in [0.2, 0.25) is 0 Å². The number of rotatable bonds is 2. The minimum absolute atomic E-state index is 0.0971. The second kappa shape index (κ2) is 5.50. The maximum atomic E-state index is 12.5. The number of fused-ring (bicyclic) bond motifs is 1. The van der Waals surface area contributed by atoms with E-state index >= 15 is 0 Å². The third kappa shape index (κ3) is 2.48. The predicted molar refractivity (Wildman–Crippen MR) is 90.1 cm³/mol. The molecule has 2 aliphatic heterocycles. The third-order valence-corrected chi connectivity index (χ3v) is 4.44. The molecule has 2 heterocycles. The number of nitrogen functional groups attached to an aromatic ring is 1. The summed E-state index contributed by atoms with van der Waals surface area (Å²) in [5.74, 6) is 0.853. The predicted octanol–water partition coefficient (Wildman–Crippen LogP) is 2.99. The van der Waals surface area contributed by atoms with Crippen molar-refractivity contribution in [3.05, 3.63) is 48.0 Å². The van der Waals surface area contributed by atoms with Crippen molar-refractivity contribution in [2.45, 2.75) is 12.8 Å². The molecule has 23 heavy (non-hydrogen) atoms. The van der Waals surface area contributed by atoms with Gasteiger partial charge in [0.1, 0.15) is 5.75 Å². The number of likely N-dealkylation sites (tertiary alicyclic amines) is 1. The van der Waals surface area contributed by atoms with E-state index in [1.54, 1.807) is 0 Å². The van der Waals surface area contributed by atoms with Crippen LogP contribution >= 0.6 is 0 Å². The fourth-order valence-corrected chi connectivity index (χ4v) is 3.16. The Balaban J connectivity index is 1.61. The molecule has 2 aromatic rings. The van der Waals surface area contributed by atoms with Gasteiger partial charge in [-0.15, -0.1) is 0 Å². The van der Waals surface area contributed by atoms with Crippen LogP contribution in [0.1, 0.15) is 23.2 Å². The molecular formula is C18H19N3O2. The second-order valence-electron chi connectivity index (χ2n) is 5.97. The van der Waals surface area contributed by atoms with Gasteiger partial charge in [-0.3, -0.25) is 4.79 Å². The molecule has 0 aromatic heterocycles. The molecule has 1 amide bonds. The molecule has 4 rings (SSSR count). The van der Waals surface area contributed by atoms with Gasteiger partial charge in [0.2, 0.25) is 0 Å². The molecule has 0 spiro atoms. The SMILES string of the molecule is Nc1ccc(N2COc3cc(C(=O)N4CCCC4)ccc32)cc1. The van der Waals surface area contributed by atoms with Gasteiger partial charge in [-0.1, -0.05) is 0 Å². The second-order valence-corrected chi connectivity index (χ2v) is 5.97. The molecule has 2 N–H and O–H groups in total. The first-order valence-corrected chi connectivity index (χ1v) is 7.91. The molecule has 5 heteroatoms. The van der Waals surface area contributed by atoms with Crippen molar-refractivity contribution >= 4 is 23.0 Å². The maximum Gasteiger partial charge on any atom is 0.253 e. The van der Waals surface area contributed by atoms with Crippen LogP contribution in [0.3, 0.4) is 0 Å². The van der Waals surface area contributed by atoms with Crippen LogP contribution < -0.4 is 15.4 Å². The lowest BCUT2D eigenvalue weighted by Gasteiger charge is -2.17. The molecule has 0 bridgehead atoms. The van der Waals surface area contributed by atoms with E-state index in [1.807, 2.05) is 47.4 Å². The molecule has 2 aliphatic rings. The third-order valence-electron chi connectivity index (χ3n) is 4.44. The molecule has 0 radical (unpaired) electrons. The molecule has 2 aromatic carbocycles. The van der Waals surface area contributed by atoms with Crippen LogP contribution in [0.15, 0.2) is 42.5 Å². The Morgan fingerprint density at radius 3 is 2.52 bits per heavy atom. The monoisotopic (exact) mass is 309 g/mol. The van der Waals surface area contributed by atoms with Crippen LogP contribution in [0, 0.1) is 0 Å². The van der Waals surface area contributed by atoms with E-state index in [2.05, 4.69) is 4.90 Å². The van der Waals surface area contributed by atoms with E-state index in [1.165, 1.54) is 0 Å². The van der Waals surface area contributed by atoms with E-state index < -0.39 is 0 Å². The van der Waals surface area contributed by atoms with Crippen molar-refractivity contribution in [3.63, 3.8) is 0 Å². The van der Waals surface area contributed by atoms with E-state index in [9.17, 15) is 4.79 Å². The van der Waals surface area contributed by atoms with Crippen molar-refractivity contribution in [2.75, 3.05) is 30.5 Å². The Hall–Kier alpha value is -2.69. The highest BCUT2D eigenvalue weighted by atomic mass is 16.5. The molecule has 5 nitrogen and oxygen atoms in total. The highest BCUT2D eigenvalue weighted by molar-refractivity contribution is 5.96. The first-order chi connectivity index (χ1) is 11.2. The van der Waals surface area contributed by atoms with Gasteiger partial charge in [-0.05, 0) is 55.3 Å². The minimum atomic E-state index is 0.0971. The zero-order valence-electron chi connectivity index (χ0n) is 12.9. The summed E-state index contributed by atoms with van der Waals surface area (Å²) in [6.45, 7) is 2.16. The van der Waals surface area contributed by atoms with E-state index in [0.29, 0.717) is 12.3 Å². The van der Waals surface area contributed by atoms with Gasteiger partial charge in [0.25, 0.3) is 5.91 Å². The molecule has 0 atom stereocenters. The number of ether oxygens (including phenoxy) is 1. The summed E-state index contributed by atoms with van der Waals surface area (Å²) in [7, 11) is 0. The molecule has 0 saturated carbocycles. The van der Waals surface area contributed by atoms with Gasteiger partial charge in [0, 0.05) is 30.0 Å². The lowest BCUT2D eigenvalue weighted by molar-refractivity contribution is 0.0792. The average Bonchev–Trinajstić information content (AvgIpc) is 3.24. The van der Waals surface area contributed by atoms with Gasteiger partial charge in [-0.25, -0.2) is 0 Å². The lowest BCUT2D eigenvalue weighted by atomic mass is 10.1. The maximum absolute atomic E-state index is 12.5. The minimum Gasteiger partial charge on any atom is -0.471 e. The van der Waals surface area contributed by atoms with Gasteiger partial charge in [0.05, 0.1) is 5.69 Å². The lowest BCUT2D eigenvalue weighted by Crippen LogP contribution is -2.27. The number of carbonyl (C=O) groups is 1. The van der Waals surface area contributed by atoms with Crippen molar-refractivity contribution < 1.29 is 9.53 Å². The van der Waals surface area contributed by atoms with E-state index in [-0.39, 0.29) is 5.91 Å². The zero-order valence-corrected chi connectivity index (χ0v) is 12.9. The topological polar surface area (TPSA) is 58.8 Å². The van der Waals surface area contributed by atoms with Crippen LogP contribution in [0.25, 0.3) is 0 Å². The first kappa shape index (κ1) is 13.9. The summed E-state index contributed by atoms with van der Waals surface area (Å²) in [6.07, 6.45) is 2.19. The Kier molecular flexibility index (Phi) is 3.33. The summed E-state index contributed by atoms with van der Waals surface area (Å²) >= 11 is 0. The molecule has 1 fully saturated rings. The van der Waals surface area contributed by atoms with Gasteiger partial charge < -0.3 is 20.3 Å². The van der Waals surface area contributed by atoms with Crippen LogP contribution in [0.4, 0.5) is 17.1 Å². The summed E-state index contributed by atoms with van der Waals surface area (Å²) in [5.41, 5.74) is 9.18. The van der Waals surface area contributed by atoms with Crippen molar-refractivity contribution in [1.29, 1.82) is 0 Å². The molecule has 0 aliphatic carbocycles. The Morgan fingerprint density at radius 2 is 1.78 bits per heavy atom. The first-order valence-electron chi connectivity index (χ1n) is 7.91. The van der Waals surface area contributed by atoms with E-state index in [4.69, 9.17) is 10.5 Å². The molecule has 1 saturated heterocycles. The highest BCUT2D eigenvalue weighted by Crippen LogP contribution is 2.39. The van der Waals surface area contributed by atoms with Crippen molar-refractivity contribution in [2.24, 2.45) is 0 Å². The Morgan fingerprint density at radius 1 is 1.04 bits per heavy atom. The van der Waals surface area contributed by atoms with Gasteiger partial charge in [-0.2, -0.15) is 0 Å². The number of hydrogen-bond acceptors (Lipinski definition) is 4. The standard InChI is InChI=1S/C18H19N3O2/c19-14-4-6-15(7-5-14)21-12-23-17-11-13(3-8-16(17)21)18(22)20-9-1-2-10-20/h3-8,11H,1-2,9-10,12,19H2. The Labute approximate surface area is 135 Å². The van der Waals surface area contributed by atoms with Crippen LogP contribution in [-0.2, 0) is 0 Å². The van der Waals surface area contributed by atoms with E-state index in [0.717, 1.165) is 48.7 Å². The van der Waals surface area contributed by atoms with Crippen molar-refractivity contribution in [1.82, 2.24) is 4.90 Å². The molecule has 118 valence electrons. The fourth-order valence-electron chi connectivity index (χ4n) is 3.16.